The van der Waals surface area contributed by atoms with Crippen LogP contribution in [0.25, 0.3) is 0 Å². The number of phenolic OH excluding ortho intramolecular Hbond substituents is 1. The summed E-state index contributed by atoms with van der Waals surface area (Å²) in [5.41, 5.74) is 1.08. The van der Waals surface area contributed by atoms with Gasteiger partial charge in [0.25, 0.3) is 0 Å². The Hall–Kier alpha value is 0.480. The van der Waals surface area contributed by atoms with Gasteiger partial charge in [0, 0.05) is 42.3 Å². The third kappa shape index (κ3) is 5.24. The molecule has 0 unspecified atom stereocenters. The molecule has 1 aliphatic carbocycles. The van der Waals surface area contributed by atoms with Crippen LogP contribution in [0.4, 0.5) is 0 Å². The van der Waals surface area contributed by atoms with Crippen LogP contribution in [-0.2, 0) is 0 Å². The van der Waals surface area contributed by atoms with Gasteiger partial charge in [-0.25, -0.2) is 0 Å². The molecule has 138 valence electrons. The predicted molar refractivity (Wildman–Crippen MR) is 112 cm³/mol. The zero-order chi connectivity index (χ0) is 15.5. The van der Waals surface area contributed by atoms with E-state index in [4.69, 9.17) is 0 Å². The number of aromatic hydroxyl groups is 1. The third-order valence-corrected chi connectivity index (χ3v) is 6.08. The Kier molecular flexibility index (Phi) is 9.93. The van der Waals surface area contributed by atoms with E-state index in [0.29, 0.717) is 17.7 Å². The first kappa shape index (κ1) is 22.5. The maximum Gasteiger partial charge on any atom is 0.134 e. The van der Waals surface area contributed by atoms with Crippen molar-refractivity contribution < 1.29 is 5.11 Å². The second-order valence-corrected chi connectivity index (χ2v) is 8.22. The first-order chi connectivity index (χ1) is 10.7. The minimum atomic E-state index is 0. The Morgan fingerprint density at radius 2 is 1.67 bits per heavy atom. The summed E-state index contributed by atoms with van der Waals surface area (Å²) in [5, 5.41) is 14.1. The fourth-order valence-electron chi connectivity index (χ4n) is 3.97. The Morgan fingerprint density at radius 1 is 1.04 bits per heavy atom. The van der Waals surface area contributed by atoms with Crippen molar-refractivity contribution in [1.82, 2.24) is 10.2 Å². The zero-order valence-electron chi connectivity index (χ0n) is 13.6. The van der Waals surface area contributed by atoms with E-state index in [-0.39, 0.29) is 24.8 Å². The van der Waals surface area contributed by atoms with E-state index >= 15 is 0 Å². The molecule has 3 rings (SSSR count). The molecule has 1 atom stereocenters. The summed E-state index contributed by atoms with van der Waals surface area (Å²) in [6.45, 7) is 4.20. The molecule has 7 heteroatoms. The van der Waals surface area contributed by atoms with Crippen molar-refractivity contribution in [2.75, 3.05) is 26.2 Å². The minimum absolute atomic E-state index is 0. The van der Waals surface area contributed by atoms with Crippen molar-refractivity contribution in [1.29, 1.82) is 0 Å². The molecule has 2 N–H and O–H groups in total. The summed E-state index contributed by atoms with van der Waals surface area (Å²) in [7, 11) is 0. The van der Waals surface area contributed by atoms with E-state index in [0.717, 1.165) is 40.7 Å². The molecule has 3 nitrogen and oxygen atoms in total. The minimum Gasteiger partial charge on any atom is -0.506 e. The van der Waals surface area contributed by atoms with E-state index in [1.54, 1.807) is 0 Å². The van der Waals surface area contributed by atoms with E-state index in [9.17, 15) is 5.11 Å². The molecule has 0 spiro atoms. The summed E-state index contributed by atoms with van der Waals surface area (Å²) < 4.78 is 1.82. The number of nitrogens with zero attached hydrogens (tertiary/aromatic N) is 1. The second kappa shape index (κ2) is 10.6. The van der Waals surface area contributed by atoms with Gasteiger partial charge in [-0.15, -0.1) is 24.8 Å². The lowest BCUT2D eigenvalue weighted by atomic mass is 9.80. The number of benzene rings is 1. The quantitative estimate of drug-likeness (QED) is 0.587. The molecule has 1 aromatic rings. The Bertz CT molecular complexity index is 504. The lowest BCUT2D eigenvalue weighted by Gasteiger charge is -2.41. The molecule has 0 radical (unpaired) electrons. The van der Waals surface area contributed by atoms with Crippen LogP contribution in [0, 0.1) is 5.92 Å². The molecular formula is C17H26Br2Cl2N2O. The highest BCUT2D eigenvalue weighted by molar-refractivity contribution is 9.11. The fraction of sp³-hybridized carbons (Fsp3) is 0.647. The molecule has 1 heterocycles. The number of phenols is 1. The number of hydrogen-bond donors (Lipinski definition) is 2. The number of halogens is 4. The lowest BCUT2D eigenvalue weighted by molar-refractivity contribution is 0.101. The van der Waals surface area contributed by atoms with Gasteiger partial charge in [0.1, 0.15) is 5.75 Å². The van der Waals surface area contributed by atoms with Gasteiger partial charge in [-0.3, -0.25) is 4.90 Å². The summed E-state index contributed by atoms with van der Waals surface area (Å²) in [4.78, 5) is 2.57. The number of hydrogen-bond acceptors (Lipinski definition) is 3. The van der Waals surface area contributed by atoms with Crippen molar-refractivity contribution in [3.05, 3.63) is 26.6 Å². The Balaban J connectivity index is 0.00000144. The molecule has 2 fully saturated rings. The molecular weight excluding hydrogens is 479 g/mol. The third-order valence-electron chi connectivity index (χ3n) is 5.02. The van der Waals surface area contributed by atoms with Crippen molar-refractivity contribution >= 4 is 56.7 Å². The van der Waals surface area contributed by atoms with Crippen LogP contribution in [0.1, 0.15) is 43.7 Å². The number of nitrogens with one attached hydrogen (secondary N) is 1. The molecule has 1 aromatic carbocycles. The number of piperazine rings is 1. The Labute approximate surface area is 174 Å². The van der Waals surface area contributed by atoms with Crippen molar-refractivity contribution in [2.24, 2.45) is 5.92 Å². The molecule has 1 saturated heterocycles. The van der Waals surface area contributed by atoms with Gasteiger partial charge in [0.2, 0.25) is 0 Å². The first-order valence-electron chi connectivity index (χ1n) is 8.29. The van der Waals surface area contributed by atoms with E-state index < -0.39 is 0 Å². The standard InChI is InChI=1S/C17H24Br2N2O.2ClH/c18-13-10-14(17(22)15(19)11-13)16(12-4-2-1-3-5-12)21-8-6-20-7-9-21;;/h10-12,16,20,22H,1-9H2;2*1H/t16-;;/m1../s1. The normalized spacial score (nSPS) is 20.8. The zero-order valence-corrected chi connectivity index (χ0v) is 18.4. The first-order valence-corrected chi connectivity index (χ1v) is 9.88. The second-order valence-electron chi connectivity index (χ2n) is 6.45. The van der Waals surface area contributed by atoms with Crippen LogP contribution in [0.5, 0.6) is 5.75 Å². The smallest absolute Gasteiger partial charge is 0.134 e. The highest BCUT2D eigenvalue weighted by Crippen LogP contribution is 2.44. The maximum atomic E-state index is 10.6. The van der Waals surface area contributed by atoms with Gasteiger partial charge in [0.05, 0.1) is 4.47 Å². The van der Waals surface area contributed by atoms with Gasteiger partial charge in [-0.2, -0.15) is 0 Å². The molecule has 2 aliphatic rings. The van der Waals surface area contributed by atoms with Gasteiger partial charge < -0.3 is 10.4 Å². The van der Waals surface area contributed by atoms with Crippen LogP contribution in [-0.4, -0.2) is 36.2 Å². The maximum absolute atomic E-state index is 10.6. The van der Waals surface area contributed by atoms with Crippen LogP contribution >= 0.6 is 56.7 Å². The summed E-state index contributed by atoms with van der Waals surface area (Å²) in [6, 6.07) is 4.37. The van der Waals surface area contributed by atoms with E-state index in [1.807, 2.05) is 6.07 Å². The molecule has 0 aromatic heterocycles. The van der Waals surface area contributed by atoms with Crippen LogP contribution in [0.15, 0.2) is 21.1 Å². The summed E-state index contributed by atoms with van der Waals surface area (Å²) >= 11 is 7.09. The van der Waals surface area contributed by atoms with Gasteiger partial charge >= 0.3 is 0 Å². The molecule has 24 heavy (non-hydrogen) atoms. The van der Waals surface area contributed by atoms with E-state index in [1.165, 1.54) is 32.1 Å². The summed E-state index contributed by atoms with van der Waals surface area (Å²) in [5.74, 6) is 1.07. The molecule has 1 saturated carbocycles. The lowest BCUT2D eigenvalue weighted by Crippen LogP contribution is -2.47. The highest BCUT2D eigenvalue weighted by atomic mass is 79.9. The van der Waals surface area contributed by atoms with Crippen molar-refractivity contribution in [2.45, 2.75) is 38.1 Å². The van der Waals surface area contributed by atoms with Crippen molar-refractivity contribution in [3.8, 4) is 5.75 Å². The molecule has 1 aliphatic heterocycles. The van der Waals surface area contributed by atoms with Crippen LogP contribution in [0.2, 0.25) is 0 Å². The SMILES string of the molecule is Cl.Cl.Oc1c(Br)cc(Br)cc1[C@@H](C1CCCCC1)N1CCNCC1. The fourth-order valence-corrected chi connectivity index (χ4v) is 5.23. The molecule has 0 bridgehead atoms. The van der Waals surface area contributed by atoms with Crippen LogP contribution in [0.3, 0.4) is 0 Å². The highest BCUT2D eigenvalue weighted by Gasteiger charge is 2.33. The monoisotopic (exact) mass is 502 g/mol. The number of rotatable bonds is 3. The largest absolute Gasteiger partial charge is 0.506 e. The topological polar surface area (TPSA) is 35.5 Å². The van der Waals surface area contributed by atoms with Crippen molar-refractivity contribution in [3.63, 3.8) is 0 Å². The predicted octanol–water partition coefficient (Wildman–Crippen LogP) is 5.29. The Morgan fingerprint density at radius 3 is 2.29 bits per heavy atom. The molecule has 0 amide bonds. The van der Waals surface area contributed by atoms with Gasteiger partial charge in [-0.1, -0.05) is 35.2 Å². The summed E-state index contributed by atoms with van der Waals surface area (Å²) in [6.07, 6.45) is 6.56. The van der Waals surface area contributed by atoms with Crippen LogP contribution < -0.4 is 5.32 Å². The average molecular weight is 505 g/mol. The van der Waals surface area contributed by atoms with E-state index in [2.05, 4.69) is 48.1 Å². The van der Waals surface area contributed by atoms with Gasteiger partial charge in [0.15, 0.2) is 0 Å². The average Bonchev–Trinajstić information content (AvgIpc) is 2.54. The van der Waals surface area contributed by atoms with Gasteiger partial charge in [-0.05, 0) is 46.8 Å².